The van der Waals surface area contributed by atoms with Crippen molar-refractivity contribution >= 4 is 29.1 Å². The molecule has 1 atom stereocenters. The van der Waals surface area contributed by atoms with Gasteiger partial charge in [-0.25, -0.2) is 4.98 Å². The van der Waals surface area contributed by atoms with Gasteiger partial charge in [-0.3, -0.25) is 0 Å². The third-order valence-corrected chi connectivity index (χ3v) is 3.75. The lowest BCUT2D eigenvalue weighted by Crippen LogP contribution is -2.33. The standard InChI is InChI=1S/C10H18N4S2/c1-7-9(14-6-13-7)8(2)16-5-4-12-10(15)11-3/h6,8H,4-5H2,1-3H3,(H,13,14)(H2,11,12,15). The van der Waals surface area contributed by atoms with Gasteiger partial charge in [0.25, 0.3) is 0 Å². The van der Waals surface area contributed by atoms with E-state index in [9.17, 15) is 0 Å². The molecule has 1 rings (SSSR count). The Bertz CT molecular complexity index is 337. The molecule has 0 spiro atoms. The minimum Gasteiger partial charge on any atom is -0.366 e. The van der Waals surface area contributed by atoms with Gasteiger partial charge in [0.05, 0.1) is 12.0 Å². The molecule has 0 saturated carbocycles. The first kappa shape index (κ1) is 13.3. The van der Waals surface area contributed by atoms with Crippen LogP contribution in [0.4, 0.5) is 0 Å². The lowest BCUT2D eigenvalue weighted by Gasteiger charge is -2.11. The molecule has 1 aromatic heterocycles. The van der Waals surface area contributed by atoms with Crippen molar-refractivity contribution in [1.29, 1.82) is 0 Å². The lowest BCUT2D eigenvalue weighted by molar-refractivity contribution is 0.934. The summed E-state index contributed by atoms with van der Waals surface area (Å²) in [4.78, 5) is 7.41. The summed E-state index contributed by atoms with van der Waals surface area (Å²) in [5, 5.41) is 7.11. The van der Waals surface area contributed by atoms with Crippen molar-refractivity contribution in [2.45, 2.75) is 19.1 Å². The van der Waals surface area contributed by atoms with E-state index in [4.69, 9.17) is 12.2 Å². The molecule has 0 bridgehead atoms. The van der Waals surface area contributed by atoms with Crippen molar-refractivity contribution in [3.63, 3.8) is 0 Å². The molecular formula is C10H18N4S2. The number of H-pyrrole nitrogens is 1. The van der Waals surface area contributed by atoms with Crippen molar-refractivity contribution in [2.24, 2.45) is 0 Å². The monoisotopic (exact) mass is 258 g/mol. The number of rotatable bonds is 5. The topological polar surface area (TPSA) is 52.7 Å². The van der Waals surface area contributed by atoms with Gasteiger partial charge < -0.3 is 15.6 Å². The molecule has 0 aliphatic carbocycles. The highest BCUT2D eigenvalue weighted by Crippen LogP contribution is 2.27. The Balaban J connectivity index is 2.23. The van der Waals surface area contributed by atoms with Crippen molar-refractivity contribution in [2.75, 3.05) is 19.3 Å². The van der Waals surface area contributed by atoms with E-state index >= 15 is 0 Å². The molecule has 90 valence electrons. The Morgan fingerprint density at radius 3 is 3.00 bits per heavy atom. The van der Waals surface area contributed by atoms with Gasteiger partial charge in [0, 0.05) is 30.3 Å². The molecule has 16 heavy (non-hydrogen) atoms. The Morgan fingerprint density at radius 2 is 2.44 bits per heavy atom. The van der Waals surface area contributed by atoms with Crippen LogP contribution in [-0.4, -0.2) is 34.4 Å². The molecule has 0 aliphatic rings. The molecule has 0 saturated heterocycles. The van der Waals surface area contributed by atoms with Crippen LogP contribution in [0, 0.1) is 6.92 Å². The first-order valence-electron chi connectivity index (χ1n) is 5.22. The van der Waals surface area contributed by atoms with Crippen LogP contribution in [0.3, 0.4) is 0 Å². The predicted octanol–water partition coefficient (Wildman–Crippen LogP) is 1.61. The van der Waals surface area contributed by atoms with E-state index in [0.29, 0.717) is 10.4 Å². The van der Waals surface area contributed by atoms with Gasteiger partial charge in [0.1, 0.15) is 0 Å². The maximum Gasteiger partial charge on any atom is 0.166 e. The minimum absolute atomic E-state index is 0.413. The van der Waals surface area contributed by atoms with Crippen LogP contribution in [0.25, 0.3) is 0 Å². The zero-order valence-electron chi connectivity index (χ0n) is 9.83. The molecule has 0 radical (unpaired) electrons. The summed E-state index contributed by atoms with van der Waals surface area (Å²) in [6.45, 7) is 5.09. The fraction of sp³-hybridized carbons (Fsp3) is 0.600. The normalized spacial score (nSPS) is 12.2. The quantitative estimate of drug-likeness (QED) is 0.553. The number of imidazole rings is 1. The molecule has 0 aliphatic heterocycles. The maximum absolute atomic E-state index is 4.99. The third kappa shape index (κ3) is 4.02. The first-order valence-corrected chi connectivity index (χ1v) is 6.68. The van der Waals surface area contributed by atoms with Crippen LogP contribution < -0.4 is 10.6 Å². The molecule has 0 aromatic carbocycles. The van der Waals surface area contributed by atoms with Gasteiger partial charge in [-0.1, -0.05) is 0 Å². The van der Waals surface area contributed by atoms with Crippen LogP contribution in [0.2, 0.25) is 0 Å². The van der Waals surface area contributed by atoms with Crippen LogP contribution in [0.15, 0.2) is 6.33 Å². The van der Waals surface area contributed by atoms with E-state index in [1.54, 1.807) is 6.33 Å². The van der Waals surface area contributed by atoms with Crippen LogP contribution >= 0.6 is 24.0 Å². The smallest absolute Gasteiger partial charge is 0.166 e. The van der Waals surface area contributed by atoms with E-state index in [-0.39, 0.29) is 0 Å². The average Bonchev–Trinajstić information content (AvgIpc) is 2.70. The van der Waals surface area contributed by atoms with E-state index in [1.165, 1.54) is 0 Å². The largest absolute Gasteiger partial charge is 0.366 e. The molecule has 0 fully saturated rings. The highest BCUT2D eigenvalue weighted by Gasteiger charge is 2.10. The van der Waals surface area contributed by atoms with E-state index < -0.39 is 0 Å². The summed E-state index contributed by atoms with van der Waals surface area (Å²) in [5.41, 5.74) is 2.29. The Hall–Kier alpha value is -0.750. The number of hydrogen-bond donors (Lipinski definition) is 3. The number of aromatic nitrogens is 2. The van der Waals surface area contributed by atoms with Gasteiger partial charge in [-0.2, -0.15) is 11.8 Å². The summed E-state index contributed by atoms with van der Waals surface area (Å²) in [7, 11) is 1.82. The minimum atomic E-state index is 0.413. The Kier molecular flexibility index (Phi) is 5.62. The molecule has 1 heterocycles. The zero-order valence-corrected chi connectivity index (χ0v) is 11.5. The lowest BCUT2D eigenvalue weighted by atomic mass is 10.3. The molecule has 3 N–H and O–H groups in total. The van der Waals surface area contributed by atoms with E-state index in [1.807, 2.05) is 25.7 Å². The molecule has 1 aromatic rings. The SMILES string of the molecule is CNC(=S)NCCSC(C)c1nc[nH]c1C. The molecule has 6 heteroatoms. The maximum atomic E-state index is 4.99. The van der Waals surface area contributed by atoms with E-state index in [0.717, 1.165) is 23.7 Å². The summed E-state index contributed by atoms with van der Waals surface area (Å²) in [5.74, 6) is 1.01. The molecule has 1 unspecified atom stereocenters. The van der Waals surface area contributed by atoms with Crippen molar-refractivity contribution in [3.8, 4) is 0 Å². The molecular weight excluding hydrogens is 240 g/mol. The first-order chi connectivity index (χ1) is 7.65. The number of thioether (sulfide) groups is 1. The summed E-state index contributed by atoms with van der Waals surface area (Å²) in [6.07, 6.45) is 1.75. The highest BCUT2D eigenvalue weighted by atomic mass is 32.2. The number of thiocarbonyl (C=S) groups is 1. The summed E-state index contributed by atoms with van der Waals surface area (Å²) < 4.78 is 0. The second-order valence-corrected chi connectivity index (χ2v) is 5.29. The van der Waals surface area contributed by atoms with Crippen molar-refractivity contribution < 1.29 is 0 Å². The highest BCUT2D eigenvalue weighted by molar-refractivity contribution is 7.99. The second kappa shape index (κ2) is 6.75. The van der Waals surface area contributed by atoms with Crippen LogP contribution in [-0.2, 0) is 0 Å². The Morgan fingerprint density at radius 1 is 1.69 bits per heavy atom. The fourth-order valence-electron chi connectivity index (χ4n) is 1.35. The number of aromatic amines is 1. The summed E-state index contributed by atoms with van der Waals surface area (Å²) >= 11 is 6.85. The van der Waals surface area contributed by atoms with Gasteiger partial charge in [0.15, 0.2) is 5.11 Å². The summed E-state index contributed by atoms with van der Waals surface area (Å²) in [6, 6.07) is 0. The number of nitrogens with zero attached hydrogens (tertiary/aromatic N) is 1. The van der Waals surface area contributed by atoms with E-state index in [2.05, 4.69) is 27.5 Å². The van der Waals surface area contributed by atoms with Gasteiger partial charge in [-0.05, 0) is 26.1 Å². The predicted molar refractivity (Wildman–Crippen MR) is 73.9 cm³/mol. The Labute approximate surface area is 106 Å². The van der Waals surface area contributed by atoms with Crippen LogP contribution in [0.1, 0.15) is 23.6 Å². The molecule has 4 nitrogen and oxygen atoms in total. The van der Waals surface area contributed by atoms with Gasteiger partial charge in [0.2, 0.25) is 0 Å². The number of nitrogens with one attached hydrogen (secondary N) is 3. The average molecular weight is 258 g/mol. The molecule has 0 amide bonds. The van der Waals surface area contributed by atoms with Crippen molar-refractivity contribution in [3.05, 3.63) is 17.7 Å². The second-order valence-electron chi connectivity index (χ2n) is 3.43. The zero-order chi connectivity index (χ0) is 12.0. The fourth-order valence-corrected chi connectivity index (χ4v) is 2.42. The van der Waals surface area contributed by atoms with Crippen molar-refractivity contribution in [1.82, 2.24) is 20.6 Å². The van der Waals surface area contributed by atoms with Gasteiger partial charge >= 0.3 is 0 Å². The third-order valence-electron chi connectivity index (χ3n) is 2.24. The van der Waals surface area contributed by atoms with Gasteiger partial charge in [-0.15, -0.1) is 0 Å². The number of hydrogen-bond acceptors (Lipinski definition) is 3. The van der Waals surface area contributed by atoms with Crippen LogP contribution in [0.5, 0.6) is 0 Å². The number of aryl methyl sites for hydroxylation is 1.